The summed E-state index contributed by atoms with van der Waals surface area (Å²) in [6.07, 6.45) is 6.71. The second-order valence-electron chi connectivity index (χ2n) is 5.47. The molecule has 0 saturated carbocycles. The Bertz CT molecular complexity index is 871. The van der Waals surface area contributed by atoms with E-state index in [1.165, 1.54) is 18.2 Å². The molecule has 0 radical (unpaired) electrons. The lowest BCUT2D eigenvalue weighted by Crippen LogP contribution is -1.95. The van der Waals surface area contributed by atoms with Crippen LogP contribution in [0.5, 0.6) is 11.5 Å². The highest BCUT2D eigenvalue weighted by Gasteiger charge is 2.02. The summed E-state index contributed by atoms with van der Waals surface area (Å²) < 4.78 is 5.70. The molecule has 25 heavy (non-hydrogen) atoms. The average Bonchev–Trinajstić information content (AvgIpc) is 2.66. The maximum Gasteiger partial charge on any atom is 0.185 e. The molecule has 4 heteroatoms. The van der Waals surface area contributed by atoms with Crippen LogP contribution in [0.1, 0.15) is 21.5 Å². The smallest absolute Gasteiger partial charge is 0.185 e. The van der Waals surface area contributed by atoms with Crippen molar-refractivity contribution >= 4 is 11.9 Å². The third kappa shape index (κ3) is 4.78. The minimum Gasteiger partial charge on any atom is -0.508 e. The molecule has 3 aromatic rings. The van der Waals surface area contributed by atoms with Crippen molar-refractivity contribution in [3.8, 4) is 11.5 Å². The Labute approximate surface area is 146 Å². The second kappa shape index (κ2) is 7.93. The first-order valence-electron chi connectivity index (χ1n) is 7.84. The van der Waals surface area contributed by atoms with Crippen LogP contribution in [0.4, 0.5) is 0 Å². The van der Waals surface area contributed by atoms with E-state index in [9.17, 15) is 9.90 Å². The summed E-state index contributed by atoms with van der Waals surface area (Å²) in [6.45, 7) is 0.457. The lowest BCUT2D eigenvalue weighted by atomic mass is 10.1. The maximum absolute atomic E-state index is 12.1. The first-order chi connectivity index (χ1) is 12.2. The number of aromatic hydroxyl groups is 1. The molecule has 3 rings (SSSR count). The van der Waals surface area contributed by atoms with Crippen LogP contribution in [-0.4, -0.2) is 15.9 Å². The molecule has 1 N–H and O–H groups in total. The number of ketones is 1. The van der Waals surface area contributed by atoms with E-state index in [0.29, 0.717) is 12.2 Å². The van der Waals surface area contributed by atoms with Crippen molar-refractivity contribution in [2.24, 2.45) is 0 Å². The molecule has 0 aliphatic carbocycles. The van der Waals surface area contributed by atoms with Crippen LogP contribution in [-0.2, 0) is 6.61 Å². The largest absolute Gasteiger partial charge is 0.508 e. The highest BCUT2D eigenvalue weighted by Crippen LogP contribution is 2.16. The molecule has 124 valence electrons. The predicted octanol–water partition coefficient (Wildman–Crippen LogP) is 4.26. The van der Waals surface area contributed by atoms with E-state index in [0.717, 1.165) is 16.9 Å². The predicted molar refractivity (Wildman–Crippen MR) is 96.5 cm³/mol. The molecule has 1 heterocycles. The summed E-state index contributed by atoms with van der Waals surface area (Å²) in [5.41, 5.74) is 2.35. The molecule has 0 bridgehead atoms. The van der Waals surface area contributed by atoms with E-state index in [4.69, 9.17) is 4.74 Å². The van der Waals surface area contributed by atoms with Gasteiger partial charge in [-0.2, -0.15) is 0 Å². The van der Waals surface area contributed by atoms with Gasteiger partial charge in [-0.15, -0.1) is 0 Å². The highest BCUT2D eigenvalue weighted by atomic mass is 16.5. The maximum atomic E-state index is 12.1. The van der Waals surface area contributed by atoms with Crippen molar-refractivity contribution in [1.29, 1.82) is 0 Å². The average molecular weight is 331 g/mol. The quantitative estimate of drug-likeness (QED) is 0.541. The van der Waals surface area contributed by atoms with Crippen molar-refractivity contribution < 1.29 is 14.6 Å². The zero-order valence-electron chi connectivity index (χ0n) is 13.5. The summed E-state index contributed by atoms with van der Waals surface area (Å²) in [4.78, 5) is 16.1. The number of carbonyl (C=O) groups is 1. The number of rotatable bonds is 6. The molecule has 1 aromatic heterocycles. The van der Waals surface area contributed by atoms with Crippen LogP contribution < -0.4 is 4.74 Å². The number of hydrogen-bond donors (Lipinski definition) is 1. The Kier molecular flexibility index (Phi) is 5.22. The molecule has 0 amide bonds. The standard InChI is InChI=1S/C21H17NO3/c23-19-5-1-4-18(13-19)21(24)11-8-16-6-9-20(10-7-16)25-15-17-3-2-12-22-14-17/h1-14,23H,15H2/b11-8-. The van der Waals surface area contributed by atoms with Crippen LogP contribution in [0, 0.1) is 0 Å². The van der Waals surface area contributed by atoms with Crippen molar-refractivity contribution in [3.05, 3.63) is 95.8 Å². The number of carbonyl (C=O) groups excluding carboxylic acids is 1. The molecule has 0 unspecified atom stereocenters. The molecule has 0 atom stereocenters. The van der Waals surface area contributed by atoms with Gasteiger partial charge in [0.2, 0.25) is 0 Å². The molecular formula is C21H17NO3. The van der Waals surface area contributed by atoms with Gasteiger partial charge in [0.15, 0.2) is 5.78 Å². The Balaban J connectivity index is 1.59. The van der Waals surface area contributed by atoms with Crippen LogP contribution in [0.3, 0.4) is 0 Å². The highest BCUT2D eigenvalue weighted by molar-refractivity contribution is 6.07. The van der Waals surface area contributed by atoms with E-state index in [-0.39, 0.29) is 11.5 Å². The number of aromatic nitrogens is 1. The number of phenolic OH excluding ortho intramolecular Hbond substituents is 1. The third-order valence-electron chi connectivity index (χ3n) is 3.57. The molecule has 0 spiro atoms. The topological polar surface area (TPSA) is 59.4 Å². The molecule has 0 aliphatic rings. The minimum absolute atomic E-state index is 0.0781. The Morgan fingerprint density at radius 3 is 2.64 bits per heavy atom. The monoisotopic (exact) mass is 331 g/mol. The van der Waals surface area contributed by atoms with Gasteiger partial charge in [-0.05, 0) is 42.0 Å². The molecule has 0 fully saturated rings. The number of ether oxygens (including phenoxy) is 1. The normalized spacial score (nSPS) is 10.7. The summed E-state index contributed by atoms with van der Waals surface area (Å²) in [6, 6.07) is 17.6. The fraction of sp³-hybridized carbons (Fsp3) is 0.0476. The SMILES string of the molecule is O=C(/C=C\c1ccc(OCc2cccnc2)cc1)c1cccc(O)c1. The zero-order valence-corrected chi connectivity index (χ0v) is 13.5. The Morgan fingerprint density at radius 1 is 1.08 bits per heavy atom. The lowest BCUT2D eigenvalue weighted by Gasteiger charge is -2.06. The van der Waals surface area contributed by atoms with Gasteiger partial charge in [0.05, 0.1) is 0 Å². The van der Waals surface area contributed by atoms with Gasteiger partial charge in [0.1, 0.15) is 18.1 Å². The molecule has 4 nitrogen and oxygen atoms in total. The van der Waals surface area contributed by atoms with Crippen LogP contribution in [0.2, 0.25) is 0 Å². The van der Waals surface area contributed by atoms with E-state index >= 15 is 0 Å². The van der Waals surface area contributed by atoms with E-state index in [2.05, 4.69) is 4.98 Å². The Morgan fingerprint density at radius 2 is 1.92 bits per heavy atom. The van der Waals surface area contributed by atoms with Crippen LogP contribution >= 0.6 is 0 Å². The summed E-state index contributed by atoms with van der Waals surface area (Å²) >= 11 is 0. The number of hydrogen-bond acceptors (Lipinski definition) is 4. The first kappa shape index (κ1) is 16.5. The van der Waals surface area contributed by atoms with Crippen molar-refractivity contribution in [2.75, 3.05) is 0 Å². The fourth-order valence-corrected chi connectivity index (χ4v) is 2.25. The number of phenols is 1. The van der Waals surface area contributed by atoms with Crippen LogP contribution in [0.15, 0.2) is 79.1 Å². The lowest BCUT2D eigenvalue weighted by molar-refractivity contribution is 0.104. The van der Waals surface area contributed by atoms with E-state index < -0.39 is 0 Å². The Hall–Kier alpha value is -3.40. The van der Waals surface area contributed by atoms with Crippen molar-refractivity contribution in [2.45, 2.75) is 6.61 Å². The zero-order chi connectivity index (χ0) is 17.5. The molecule has 2 aromatic carbocycles. The molecule has 0 saturated heterocycles. The minimum atomic E-state index is -0.159. The summed E-state index contributed by atoms with van der Waals surface area (Å²) in [7, 11) is 0. The van der Waals surface area contributed by atoms with Gasteiger partial charge in [-0.3, -0.25) is 9.78 Å². The second-order valence-corrected chi connectivity index (χ2v) is 5.47. The van der Waals surface area contributed by atoms with Gasteiger partial charge in [-0.25, -0.2) is 0 Å². The van der Waals surface area contributed by atoms with E-state index in [1.807, 2.05) is 36.4 Å². The van der Waals surface area contributed by atoms with Gasteiger partial charge >= 0.3 is 0 Å². The fourth-order valence-electron chi connectivity index (χ4n) is 2.25. The molecule has 0 aliphatic heterocycles. The van der Waals surface area contributed by atoms with Crippen molar-refractivity contribution in [3.63, 3.8) is 0 Å². The van der Waals surface area contributed by atoms with Gasteiger partial charge < -0.3 is 9.84 Å². The van der Waals surface area contributed by atoms with Gasteiger partial charge in [0, 0.05) is 23.5 Å². The van der Waals surface area contributed by atoms with Gasteiger partial charge in [0.25, 0.3) is 0 Å². The van der Waals surface area contributed by atoms with E-state index in [1.54, 1.807) is 30.6 Å². The number of benzene rings is 2. The van der Waals surface area contributed by atoms with Crippen LogP contribution in [0.25, 0.3) is 6.08 Å². The first-order valence-corrected chi connectivity index (χ1v) is 7.84. The number of pyridine rings is 1. The summed E-state index contributed by atoms with van der Waals surface area (Å²) in [5, 5.41) is 9.42. The van der Waals surface area contributed by atoms with Crippen molar-refractivity contribution in [1.82, 2.24) is 4.98 Å². The van der Waals surface area contributed by atoms with Gasteiger partial charge in [-0.1, -0.05) is 36.4 Å². The number of nitrogens with zero attached hydrogens (tertiary/aromatic N) is 1. The third-order valence-corrected chi connectivity index (χ3v) is 3.57. The summed E-state index contributed by atoms with van der Waals surface area (Å²) in [5.74, 6) is 0.669. The molecular weight excluding hydrogens is 314 g/mol. The number of allylic oxidation sites excluding steroid dienone is 1.